The molecule has 4 aromatic rings. The molecular formula is C26H24ClN7O2. The molecule has 182 valence electrons. The molecule has 2 aliphatic heterocycles. The first-order chi connectivity index (χ1) is 17.4. The van der Waals surface area contributed by atoms with E-state index >= 15 is 0 Å². The summed E-state index contributed by atoms with van der Waals surface area (Å²) in [5.74, 6) is 0.446. The number of nitrogens with zero attached hydrogens (tertiary/aromatic N) is 6. The van der Waals surface area contributed by atoms with Gasteiger partial charge in [-0.1, -0.05) is 23.7 Å². The second-order valence-corrected chi connectivity index (χ2v) is 9.83. The first kappa shape index (κ1) is 22.8. The van der Waals surface area contributed by atoms with Crippen molar-refractivity contribution >= 4 is 28.5 Å². The Bertz CT molecular complexity index is 1580. The van der Waals surface area contributed by atoms with Gasteiger partial charge in [0.1, 0.15) is 18.0 Å². The number of carbonyl (C=O) groups is 1. The van der Waals surface area contributed by atoms with Crippen molar-refractivity contribution in [3.8, 4) is 22.4 Å². The lowest BCUT2D eigenvalue weighted by Gasteiger charge is -2.28. The number of carbonyl (C=O) groups excluding carboxylic acids is 1. The normalized spacial score (nSPS) is 18.8. The number of rotatable bonds is 4. The van der Waals surface area contributed by atoms with Crippen LogP contribution in [0.5, 0.6) is 0 Å². The number of aromatic nitrogens is 5. The second kappa shape index (κ2) is 8.76. The van der Waals surface area contributed by atoms with Gasteiger partial charge < -0.3 is 10.2 Å². The Morgan fingerprint density at radius 1 is 1.14 bits per heavy atom. The maximum Gasteiger partial charge on any atom is 0.260 e. The molecule has 2 fully saturated rings. The Hall–Kier alpha value is -3.69. The van der Waals surface area contributed by atoms with E-state index in [0.717, 1.165) is 24.2 Å². The highest BCUT2D eigenvalue weighted by molar-refractivity contribution is 6.33. The Kier molecular flexibility index (Phi) is 5.54. The van der Waals surface area contributed by atoms with Gasteiger partial charge in [-0.2, -0.15) is 0 Å². The van der Waals surface area contributed by atoms with Crippen LogP contribution in [0.1, 0.15) is 17.9 Å². The molecule has 1 N–H and O–H groups in total. The minimum atomic E-state index is -0.318. The van der Waals surface area contributed by atoms with Gasteiger partial charge in [-0.05, 0) is 32.4 Å². The van der Waals surface area contributed by atoms with Crippen LogP contribution in [0.15, 0.2) is 47.7 Å². The summed E-state index contributed by atoms with van der Waals surface area (Å²) >= 11 is 6.70. The molecule has 0 spiro atoms. The summed E-state index contributed by atoms with van der Waals surface area (Å²) in [4.78, 5) is 46.5. The van der Waals surface area contributed by atoms with Crippen LogP contribution >= 0.6 is 11.6 Å². The highest BCUT2D eigenvalue weighted by Crippen LogP contribution is 2.31. The van der Waals surface area contributed by atoms with Gasteiger partial charge in [0.15, 0.2) is 0 Å². The van der Waals surface area contributed by atoms with E-state index in [0.29, 0.717) is 51.3 Å². The third kappa shape index (κ3) is 3.94. The summed E-state index contributed by atoms with van der Waals surface area (Å²) in [6.07, 6.45) is 5.99. The van der Waals surface area contributed by atoms with Gasteiger partial charge >= 0.3 is 0 Å². The predicted octanol–water partition coefficient (Wildman–Crippen LogP) is 2.76. The summed E-state index contributed by atoms with van der Waals surface area (Å²) in [7, 11) is 0. The number of hydrogen-bond acceptors (Lipinski definition) is 7. The van der Waals surface area contributed by atoms with E-state index < -0.39 is 0 Å². The Labute approximate surface area is 212 Å². The zero-order valence-electron chi connectivity index (χ0n) is 19.9. The highest BCUT2D eigenvalue weighted by Gasteiger charge is 2.40. The lowest BCUT2D eigenvalue weighted by molar-refractivity contribution is -0.133. The van der Waals surface area contributed by atoms with E-state index in [9.17, 15) is 9.59 Å². The van der Waals surface area contributed by atoms with Crippen molar-refractivity contribution in [2.24, 2.45) is 0 Å². The van der Waals surface area contributed by atoms with Crippen molar-refractivity contribution in [1.29, 1.82) is 0 Å². The topological polar surface area (TPSA) is 106 Å². The number of pyridine rings is 1. The minimum absolute atomic E-state index is 0.0831. The van der Waals surface area contributed by atoms with Crippen LogP contribution in [0.2, 0.25) is 5.02 Å². The van der Waals surface area contributed by atoms with E-state index in [1.807, 2.05) is 17.9 Å². The molecule has 10 heteroatoms. The molecule has 2 bridgehead atoms. The molecule has 0 radical (unpaired) electrons. The van der Waals surface area contributed by atoms with Crippen molar-refractivity contribution in [3.63, 3.8) is 0 Å². The zero-order chi connectivity index (χ0) is 25.0. The summed E-state index contributed by atoms with van der Waals surface area (Å²) in [6.45, 7) is 5.01. The number of fused-ring (bicyclic) bond motifs is 3. The van der Waals surface area contributed by atoms with Crippen LogP contribution in [0.25, 0.3) is 33.4 Å². The number of benzene rings is 1. The zero-order valence-corrected chi connectivity index (χ0v) is 20.7. The minimum Gasteiger partial charge on any atom is -0.335 e. The molecule has 1 aromatic carbocycles. The Morgan fingerprint density at radius 2 is 2.00 bits per heavy atom. The van der Waals surface area contributed by atoms with E-state index in [1.54, 1.807) is 43.7 Å². The van der Waals surface area contributed by atoms with E-state index in [2.05, 4.69) is 25.3 Å². The average Bonchev–Trinajstić information content (AvgIpc) is 3.50. The lowest BCUT2D eigenvalue weighted by Crippen LogP contribution is -2.48. The van der Waals surface area contributed by atoms with Crippen molar-refractivity contribution in [2.45, 2.75) is 38.9 Å². The van der Waals surface area contributed by atoms with Gasteiger partial charge in [0.05, 0.1) is 17.6 Å². The van der Waals surface area contributed by atoms with Crippen molar-refractivity contribution in [3.05, 3.63) is 69.8 Å². The highest BCUT2D eigenvalue weighted by atomic mass is 35.5. The Balaban J connectivity index is 1.44. The molecule has 36 heavy (non-hydrogen) atoms. The maximum atomic E-state index is 13.8. The summed E-state index contributed by atoms with van der Waals surface area (Å²) in [5.41, 5.74) is 3.37. The molecule has 9 nitrogen and oxygen atoms in total. The number of amides is 1. The third-order valence-corrected chi connectivity index (χ3v) is 7.24. The third-order valence-electron chi connectivity index (χ3n) is 6.93. The second-order valence-electron chi connectivity index (χ2n) is 9.43. The molecule has 5 heterocycles. The fourth-order valence-electron chi connectivity index (χ4n) is 5.17. The van der Waals surface area contributed by atoms with Crippen molar-refractivity contribution < 1.29 is 4.79 Å². The van der Waals surface area contributed by atoms with Gasteiger partial charge in [-0.25, -0.2) is 15.0 Å². The first-order valence-electron chi connectivity index (χ1n) is 11.9. The summed E-state index contributed by atoms with van der Waals surface area (Å²) in [6, 6.07) is 7.70. The van der Waals surface area contributed by atoms with Crippen LogP contribution in [0, 0.1) is 13.8 Å². The fraction of sp³-hybridized carbons (Fsp3) is 0.308. The predicted molar refractivity (Wildman–Crippen MR) is 137 cm³/mol. The standard InChI is InChI=1S/C26H24ClN7O2/c1-14-8-28-11-23(31-14)16-3-4-20(22(27)6-16)21-5-17-9-29-15(2)32-25(17)34(26(21)36)13-24(35)33-12-18-7-19(33)10-30-18/h3-6,8-9,11,18-19,30H,7,10,12-13H2,1-2H3/t18-,19-/m0/s1. The van der Waals surface area contributed by atoms with Gasteiger partial charge in [-0.15, -0.1) is 0 Å². The largest absolute Gasteiger partial charge is 0.335 e. The van der Waals surface area contributed by atoms with E-state index in [4.69, 9.17) is 11.6 Å². The van der Waals surface area contributed by atoms with Crippen molar-refractivity contribution in [2.75, 3.05) is 13.1 Å². The molecule has 0 unspecified atom stereocenters. The van der Waals surface area contributed by atoms with E-state index in [1.165, 1.54) is 4.57 Å². The molecule has 2 saturated heterocycles. The molecule has 6 rings (SSSR count). The van der Waals surface area contributed by atoms with Crippen LogP contribution in [0.3, 0.4) is 0 Å². The molecule has 2 aliphatic rings. The van der Waals surface area contributed by atoms with Gasteiger partial charge in [-0.3, -0.25) is 19.1 Å². The molecule has 0 saturated carbocycles. The van der Waals surface area contributed by atoms with Gasteiger partial charge in [0.25, 0.3) is 5.56 Å². The molecule has 0 aliphatic carbocycles. The molecular weight excluding hydrogens is 478 g/mol. The Morgan fingerprint density at radius 3 is 2.72 bits per heavy atom. The number of halogens is 1. The maximum absolute atomic E-state index is 13.8. The van der Waals surface area contributed by atoms with Crippen LogP contribution in [0.4, 0.5) is 0 Å². The molecule has 2 atom stereocenters. The molecule has 3 aromatic heterocycles. The van der Waals surface area contributed by atoms with Gasteiger partial charge in [0, 0.05) is 64.7 Å². The molecule has 1 amide bonds. The first-order valence-corrected chi connectivity index (χ1v) is 12.2. The smallest absolute Gasteiger partial charge is 0.260 e. The average molecular weight is 502 g/mol. The number of nitrogens with one attached hydrogen (secondary N) is 1. The monoisotopic (exact) mass is 501 g/mol. The lowest BCUT2D eigenvalue weighted by atomic mass is 10.0. The number of likely N-dealkylation sites (tertiary alicyclic amines) is 1. The number of piperazine rings is 1. The number of hydrogen-bond donors (Lipinski definition) is 1. The SMILES string of the molecule is Cc1cncc(-c2ccc(-c3cc4cnc(C)nc4n(CC(=O)N4C[C@@H]5C[C@H]4CN5)c3=O)c(Cl)c2)n1. The van der Waals surface area contributed by atoms with Crippen LogP contribution < -0.4 is 10.9 Å². The van der Waals surface area contributed by atoms with Crippen LogP contribution in [-0.2, 0) is 11.3 Å². The quantitative estimate of drug-likeness (QED) is 0.458. The van der Waals surface area contributed by atoms with E-state index in [-0.39, 0.29) is 24.1 Å². The fourth-order valence-corrected chi connectivity index (χ4v) is 5.45. The van der Waals surface area contributed by atoms with Crippen molar-refractivity contribution in [1.82, 2.24) is 34.7 Å². The summed E-state index contributed by atoms with van der Waals surface area (Å²) in [5, 5.41) is 4.47. The summed E-state index contributed by atoms with van der Waals surface area (Å²) < 4.78 is 1.46. The number of aryl methyl sites for hydroxylation is 2. The van der Waals surface area contributed by atoms with Crippen LogP contribution in [-0.4, -0.2) is 60.5 Å². The van der Waals surface area contributed by atoms with Gasteiger partial charge in [0.2, 0.25) is 5.91 Å².